The second kappa shape index (κ2) is 8.89. The number of rotatable bonds is 5. The van der Waals surface area contributed by atoms with Gasteiger partial charge in [-0.1, -0.05) is 35.9 Å². The summed E-state index contributed by atoms with van der Waals surface area (Å²) in [5.41, 5.74) is 1.25. The van der Waals surface area contributed by atoms with Crippen LogP contribution in [0, 0.1) is 0 Å². The number of likely N-dealkylation sites (N-methyl/N-ethyl adjacent to an activating group) is 1. The lowest BCUT2D eigenvalue weighted by molar-refractivity contribution is 0.258. The Hall–Kier alpha value is -1.56. The Kier molecular flexibility index (Phi) is 6.57. The van der Waals surface area contributed by atoms with Gasteiger partial charge in [-0.25, -0.2) is 0 Å². The van der Waals surface area contributed by atoms with E-state index in [1.165, 1.54) is 12.0 Å². The Morgan fingerprint density at radius 1 is 1.27 bits per heavy atom. The van der Waals surface area contributed by atoms with Crippen LogP contribution in [0.1, 0.15) is 18.0 Å². The Bertz CT molecular complexity index is 632. The fraction of sp³-hybridized carbons (Fsp3) is 0.550. The Morgan fingerprint density at radius 2 is 1.96 bits per heavy atom. The molecule has 2 unspecified atom stereocenters. The van der Waals surface area contributed by atoms with Crippen LogP contribution in [0.15, 0.2) is 41.4 Å². The van der Waals surface area contributed by atoms with E-state index in [0.717, 1.165) is 43.7 Å². The van der Waals surface area contributed by atoms with Crippen molar-refractivity contribution in [1.29, 1.82) is 0 Å². The van der Waals surface area contributed by atoms with Gasteiger partial charge < -0.3 is 15.1 Å². The smallest absolute Gasteiger partial charge is 0.193 e. The van der Waals surface area contributed by atoms with Gasteiger partial charge in [0.15, 0.2) is 5.96 Å². The van der Waals surface area contributed by atoms with Crippen LogP contribution in [0.5, 0.6) is 0 Å². The summed E-state index contributed by atoms with van der Waals surface area (Å²) in [5.74, 6) is 1.00. The van der Waals surface area contributed by atoms with Crippen LogP contribution in [0.4, 0.5) is 0 Å². The van der Waals surface area contributed by atoms with Crippen LogP contribution >= 0.6 is 11.6 Å². The zero-order chi connectivity index (χ0) is 18.5. The molecule has 0 bridgehead atoms. The van der Waals surface area contributed by atoms with E-state index in [0.29, 0.717) is 6.04 Å². The molecule has 6 heteroatoms. The second-order valence-corrected chi connectivity index (χ2v) is 7.71. The Balaban J connectivity index is 1.58. The van der Waals surface area contributed by atoms with Gasteiger partial charge in [0.1, 0.15) is 0 Å². The van der Waals surface area contributed by atoms with Crippen molar-refractivity contribution in [2.45, 2.75) is 18.5 Å². The monoisotopic (exact) mass is 375 g/mol. The number of hydrogen-bond acceptors (Lipinski definition) is 3. The Morgan fingerprint density at radius 3 is 2.58 bits per heavy atom. The van der Waals surface area contributed by atoms with Crippen molar-refractivity contribution in [2.24, 2.45) is 4.99 Å². The maximum Gasteiger partial charge on any atom is 0.193 e. The van der Waals surface area contributed by atoms with E-state index < -0.39 is 0 Å². The minimum absolute atomic E-state index is 0.269. The first-order valence-electron chi connectivity index (χ1n) is 9.35. The molecule has 2 heterocycles. The summed E-state index contributed by atoms with van der Waals surface area (Å²) in [6.45, 7) is 5.10. The maximum atomic E-state index is 6.04. The van der Waals surface area contributed by atoms with Crippen molar-refractivity contribution in [3.8, 4) is 0 Å². The molecule has 2 atom stereocenters. The summed E-state index contributed by atoms with van der Waals surface area (Å²) in [6, 6.07) is 9.01. The SMILES string of the molecule is CN=C(NCC(c1ccc(Cl)cc1)N(C)C)N1CCC(N2CC=CC2)C1. The van der Waals surface area contributed by atoms with Gasteiger partial charge in [-0.3, -0.25) is 9.89 Å². The van der Waals surface area contributed by atoms with E-state index in [2.05, 4.69) is 63.4 Å². The average molecular weight is 376 g/mol. The van der Waals surface area contributed by atoms with E-state index in [4.69, 9.17) is 11.6 Å². The van der Waals surface area contributed by atoms with E-state index >= 15 is 0 Å². The highest BCUT2D eigenvalue weighted by Crippen LogP contribution is 2.21. The summed E-state index contributed by atoms with van der Waals surface area (Å²) in [4.78, 5) is 11.7. The highest BCUT2D eigenvalue weighted by molar-refractivity contribution is 6.30. The minimum Gasteiger partial charge on any atom is -0.354 e. The first kappa shape index (κ1) is 19.2. The zero-order valence-corrected chi connectivity index (χ0v) is 16.8. The van der Waals surface area contributed by atoms with E-state index in [9.17, 15) is 0 Å². The number of benzene rings is 1. The molecule has 5 nitrogen and oxygen atoms in total. The molecule has 0 amide bonds. The molecule has 0 radical (unpaired) electrons. The lowest BCUT2D eigenvalue weighted by Gasteiger charge is -2.29. The topological polar surface area (TPSA) is 34.1 Å². The molecule has 2 aliphatic heterocycles. The van der Waals surface area contributed by atoms with Gasteiger partial charge in [-0.2, -0.15) is 0 Å². The standard InChI is InChI=1S/C20H30ClN5/c1-22-20(26-13-10-18(15-26)25-11-4-5-12-25)23-14-19(24(2)3)16-6-8-17(21)9-7-16/h4-9,18-19H,10-15H2,1-3H3,(H,22,23). The molecule has 0 saturated carbocycles. The first-order valence-corrected chi connectivity index (χ1v) is 9.73. The number of likely N-dealkylation sites (tertiary alicyclic amines) is 1. The molecule has 1 saturated heterocycles. The van der Waals surface area contributed by atoms with Crippen LogP contribution in [-0.4, -0.2) is 80.6 Å². The molecule has 0 aromatic heterocycles. The fourth-order valence-electron chi connectivity index (χ4n) is 3.83. The molecule has 1 fully saturated rings. The third-order valence-corrected chi connectivity index (χ3v) is 5.62. The molecular formula is C20H30ClN5. The molecule has 0 spiro atoms. The summed E-state index contributed by atoms with van der Waals surface area (Å²) in [5, 5.41) is 4.36. The summed E-state index contributed by atoms with van der Waals surface area (Å²) < 4.78 is 0. The van der Waals surface area contributed by atoms with Crippen LogP contribution in [0.2, 0.25) is 5.02 Å². The number of halogens is 1. The number of guanidine groups is 1. The first-order chi connectivity index (χ1) is 12.6. The maximum absolute atomic E-state index is 6.04. The van der Waals surface area contributed by atoms with Crippen molar-refractivity contribution in [2.75, 3.05) is 53.9 Å². The van der Waals surface area contributed by atoms with Crippen molar-refractivity contribution >= 4 is 17.6 Å². The van der Waals surface area contributed by atoms with Crippen LogP contribution < -0.4 is 5.32 Å². The van der Waals surface area contributed by atoms with Crippen molar-refractivity contribution < 1.29 is 0 Å². The third-order valence-electron chi connectivity index (χ3n) is 5.37. The summed E-state index contributed by atoms with van der Waals surface area (Å²) in [7, 11) is 6.09. The lowest BCUT2D eigenvalue weighted by atomic mass is 10.1. The third kappa shape index (κ3) is 4.58. The summed E-state index contributed by atoms with van der Waals surface area (Å²) in [6.07, 6.45) is 5.74. The highest BCUT2D eigenvalue weighted by Gasteiger charge is 2.29. The quantitative estimate of drug-likeness (QED) is 0.487. The van der Waals surface area contributed by atoms with Gasteiger partial charge in [0.25, 0.3) is 0 Å². The highest BCUT2D eigenvalue weighted by atomic mass is 35.5. The minimum atomic E-state index is 0.269. The normalized spacial score (nSPS) is 22.4. The average Bonchev–Trinajstić information content (AvgIpc) is 3.31. The predicted molar refractivity (Wildman–Crippen MR) is 110 cm³/mol. The fourth-order valence-corrected chi connectivity index (χ4v) is 3.95. The van der Waals surface area contributed by atoms with Crippen molar-refractivity contribution in [3.05, 3.63) is 47.0 Å². The molecule has 2 aliphatic rings. The van der Waals surface area contributed by atoms with Crippen LogP contribution in [0.25, 0.3) is 0 Å². The van der Waals surface area contributed by atoms with Crippen molar-refractivity contribution in [3.63, 3.8) is 0 Å². The molecule has 3 rings (SSSR count). The Labute approximate surface area is 162 Å². The van der Waals surface area contributed by atoms with E-state index in [1.807, 2.05) is 19.2 Å². The summed E-state index contributed by atoms with van der Waals surface area (Å²) >= 11 is 6.04. The number of nitrogens with one attached hydrogen (secondary N) is 1. The molecule has 0 aliphatic carbocycles. The molecule has 1 aromatic rings. The van der Waals surface area contributed by atoms with Gasteiger partial charge >= 0.3 is 0 Å². The number of nitrogens with zero attached hydrogens (tertiary/aromatic N) is 4. The van der Waals surface area contributed by atoms with Gasteiger partial charge in [-0.05, 0) is 38.2 Å². The molecule has 1 N–H and O–H groups in total. The van der Waals surface area contributed by atoms with Gasteiger partial charge in [0.2, 0.25) is 0 Å². The lowest BCUT2D eigenvalue weighted by Crippen LogP contribution is -2.45. The predicted octanol–water partition coefficient (Wildman–Crippen LogP) is 2.46. The molecule has 142 valence electrons. The van der Waals surface area contributed by atoms with Crippen LogP contribution in [0.3, 0.4) is 0 Å². The van der Waals surface area contributed by atoms with Crippen LogP contribution in [-0.2, 0) is 0 Å². The van der Waals surface area contributed by atoms with Crippen molar-refractivity contribution in [1.82, 2.24) is 20.0 Å². The van der Waals surface area contributed by atoms with Gasteiger partial charge in [-0.15, -0.1) is 0 Å². The second-order valence-electron chi connectivity index (χ2n) is 7.27. The van der Waals surface area contributed by atoms with Gasteiger partial charge in [0.05, 0.1) is 6.04 Å². The van der Waals surface area contributed by atoms with Gasteiger partial charge in [0, 0.05) is 50.8 Å². The van der Waals surface area contributed by atoms with E-state index in [-0.39, 0.29) is 6.04 Å². The largest absolute Gasteiger partial charge is 0.354 e. The number of hydrogen-bond donors (Lipinski definition) is 1. The molecule has 26 heavy (non-hydrogen) atoms. The molecular weight excluding hydrogens is 346 g/mol. The molecule has 1 aromatic carbocycles. The zero-order valence-electron chi connectivity index (χ0n) is 16.0. The van der Waals surface area contributed by atoms with E-state index in [1.54, 1.807) is 0 Å². The number of aliphatic imine (C=N–C) groups is 1.